The highest BCUT2D eigenvalue weighted by molar-refractivity contribution is 6.04. The summed E-state index contributed by atoms with van der Waals surface area (Å²) in [5.41, 5.74) is 11.9. The third kappa shape index (κ3) is 9.67. The summed E-state index contributed by atoms with van der Waals surface area (Å²) in [4.78, 5) is 27.7. The highest BCUT2D eigenvalue weighted by Crippen LogP contribution is 2.32. The standard InChI is InChI=1S/C23H40N4O4/c1-17(2)22(28)18-15-19(23(29)26-11-12-27(3)4)21(31-14-8-6-10-25)16-20(18)30-13-7-5-9-24/h15-17H,5-14,24-25H2,1-4H3,(H,26,29). The summed E-state index contributed by atoms with van der Waals surface area (Å²) >= 11 is 0. The van der Waals surface area contributed by atoms with Gasteiger partial charge in [-0.25, -0.2) is 0 Å². The summed E-state index contributed by atoms with van der Waals surface area (Å²) in [5, 5.41) is 2.90. The Morgan fingerprint density at radius 1 is 0.935 bits per heavy atom. The smallest absolute Gasteiger partial charge is 0.255 e. The second-order valence-corrected chi connectivity index (χ2v) is 8.11. The van der Waals surface area contributed by atoms with E-state index in [0.717, 1.165) is 25.7 Å². The number of likely N-dealkylation sites (N-methyl/N-ethyl adjacent to an activating group) is 1. The van der Waals surface area contributed by atoms with E-state index in [9.17, 15) is 9.59 Å². The highest BCUT2D eigenvalue weighted by atomic mass is 16.5. The molecule has 1 aromatic rings. The average Bonchev–Trinajstić information content (AvgIpc) is 2.73. The molecule has 5 N–H and O–H groups in total. The van der Waals surface area contributed by atoms with Crippen molar-refractivity contribution >= 4 is 11.7 Å². The molecule has 0 unspecified atom stereocenters. The van der Waals surface area contributed by atoms with Crippen LogP contribution >= 0.6 is 0 Å². The highest BCUT2D eigenvalue weighted by Gasteiger charge is 2.23. The minimum absolute atomic E-state index is 0.0779. The maximum atomic E-state index is 12.9. The molecule has 0 heterocycles. The monoisotopic (exact) mass is 436 g/mol. The van der Waals surface area contributed by atoms with Crippen LogP contribution in [0.25, 0.3) is 0 Å². The fourth-order valence-corrected chi connectivity index (χ4v) is 2.83. The molecule has 0 saturated heterocycles. The lowest BCUT2D eigenvalue weighted by molar-refractivity contribution is 0.0935. The Bertz CT molecular complexity index is 692. The maximum Gasteiger partial charge on any atom is 0.255 e. The van der Waals surface area contributed by atoms with Gasteiger partial charge >= 0.3 is 0 Å². The van der Waals surface area contributed by atoms with Crippen LogP contribution in [0, 0.1) is 5.92 Å². The minimum Gasteiger partial charge on any atom is -0.493 e. The third-order valence-electron chi connectivity index (χ3n) is 4.67. The van der Waals surface area contributed by atoms with Gasteiger partial charge in [-0.3, -0.25) is 9.59 Å². The van der Waals surface area contributed by atoms with Crippen molar-refractivity contribution < 1.29 is 19.1 Å². The lowest BCUT2D eigenvalue weighted by atomic mass is 9.97. The summed E-state index contributed by atoms with van der Waals surface area (Å²) in [6, 6.07) is 3.27. The van der Waals surface area contributed by atoms with E-state index in [4.69, 9.17) is 20.9 Å². The fourth-order valence-electron chi connectivity index (χ4n) is 2.83. The Balaban J connectivity index is 3.22. The zero-order valence-corrected chi connectivity index (χ0v) is 19.5. The first-order valence-electron chi connectivity index (χ1n) is 11.1. The normalized spacial score (nSPS) is 11.1. The molecular formula is C23H40N4O4. The Kier molecular flexibility index (Phi) is 12.8. The van der Waals surface area contributed by atoms with Gasteiger partial charge in [0.05, 0.1) is 24.3 Å². The van der Waals surface area contributed by atoms with Crippen LogP contribution in [0.5, 0.6) is 11.5 Å². The SMILES string of the molecule is CC(C)C(=O)c1cc(C(=O)NCCN(C)C)c(OCCCCN)cc1OCCCCN. The summed E-state index contributed by atoms with van der Waals surface area (Å²) in [7, 11) is 3.88. The van der Waals surface area contributed by atoms with Crippen LogP contribution in [0.1, 0.15) is 60.2 Å². The molecule has 0 radical (unpaired) electrons. The van der Waals surface area contributed by atoms with Crippen molar-refractivity contribution in [1.82, 2.24) is 10.2 Å². The molecule has 176 valence electrons. The fraction of sp³-hybridized carbons (Fsp3) is 0.652. The lowest BCUT2D eigenvalue weighted by Crippen LogP contribution is -2.31. The Morgan fingerprint density at radius 2 is 1.48 bits per heavy atom. The molecule has 1 amide bonds. The quantitative estimate of drug-likeness (QED) is 0.268. The Labute approximate surface area is 186 Å². The van der Waals surface area contributed by atoms with Gasteiger partial charge in [-0.2, -0.15) is 0 Å². The van der Waals surface area contributed by atoms with Crippen molar-refractivity contribution in [1.29, 1.82) is 0 Å². The lowest BCUT2D eigenvalue weighted by Gasteiger charge is -2.18. The maximum absolute atomic E-state index is 12.9. The molecule has 0 aromatic heterocycles. The average molecular weight is 437 g/mol. The molecule has 0 aliphatic rings. The molecule has 0 saturated carbocycles. The number of carbonyl (C=O) groups excluding carboxylic acids is 2. The predicted octanol–water partition coefficient (Wildman–Crippen LogP) is 2.05. The number of nitrogens with one attached hydrogen (secondary N) is 1. The molecule has 0 bridgehead atoms. The van der Waals surface area contributed by atoms with E-state index < -0.39 is 0 Å². The van der Waals surface area contributed by atoms with E-state index in [1.807, 2.05) is 32.8 Å². The number of unbranched alkanes of at least 4 members (excludes halogenated alkanes) is 2. The van der Waals surface area contributed by atoms with Crippen LogP contribution < -0.4 is 26.3 Å². The molecule has 0 spiro atoms. The number of hydrogen-bond acceptors (Lipinski definition) is 7. The summed E-state index contributed by atoms with van der Waals surface area (Å²) in [5.74, 6) is 0.268. The zero-order valence-electron chi connectivity index (χ0n) is 19.5. The van der Waals surface area contributed by atoms with Crippen LogP contribution in [-0.2, 0) is 0 Å². The number of nitrogens with zero attached hydrogens (tertiary/aromatic N) is 1. The van der Waals surface area contributed by atoms with Crippen LogP contribution in [0.15, 0.2) is 12.1 Å². The van der Waals surface area contributed by atoms with Gasteiger partial charge in [-0.1, -0.05) is 13.8 Å². The van der Waals surface area contributed by atoms with Crippen molar-refractivity contribution in [3.63, 3.8) is 0 Å². The number of hydrogen-bond donors (Lipinski definition) is 3. The summed E-state index contributed by atoms with van der Waals surface area (Å²) in [6.45, 7) is 6.89. The zero-order chi connectivity index (χ0) is 23.2. The molecule has 0 aliphatic carbocycles. The number of nitrogens with two attached hydrogens (primary N) is 2. The molecule has 8 nitrogen and oxygen atoms in total. The first-order valence-corrected chi connectivity index (χ1v) is 11.1. The number of carbonyl (C=O) groups is 2. The van der Waals surface area contributed by atoms with Crippen molar-refractivity contribution in [2.45, 2.75) is 39.5 Å². The van der Waals surface area contributed by atoms with Crippen molar-refractivity contribution in [2.24, 2.45) is 17.4 Å². The molecule has 31 heavy (non-hydrogen) atoms. The minimum atomic E-state index is -0.275. The Hall–Kier alpha value is -2.16. The van der Waals surface area contributed by atoms with Gasteiger partial charge in [-0.05, 0) is 58.9 Å². The molecule has 8 heteroatoms. The number of benzene rings is 1. The van der Waals surface area contributed by atoms with Gasteiger partial charge < -0.3 is 31.2 Å². The van der Waals surface area contributed by atoms with Crippen molar-refractivity contribution in [3.05, 3.63) is 23.3 Å². The first-order chi connectivity index (χ1) is 14.8. The van der Waals surface area contributed by atoms with Crippen molar-refractivity contribution in [2.75, 3.05) is 53.5 Å². The number of ketones is 1. The first kappa shape index (κ1) is 26.9. The topological polar surface area (TPSA) is 120 Å². The second-order valence-electron chi connectivity index (χ2n) is 8.11. The molecule has 1 aromatic carbocycles. The number of amides is 1. The van der Waals surface area contributed by atoms with Crippen LogP contribution in [0.3, 0.4) is 0 Å². The Morgan fingerprint density at radius 3 is 1.97 bits per heavy atom. The number of ether oxygens (including phenoxy) is 2. The number of Topliss-reactive ketones (excluding diaryl/α,β-unsaturated/α-hetero) is 1. The predicted molar refractivity (Wildman–Crippen MR) is 124 cm³/mol. The third-order valence-corrected chi connectivity index (χ3v) is 4.67. The van der Waals surface area contributed by atoms with Crippen LogP contribution in [-0.4, -0.2) is 70.1 Å². The van der Waals surface area contributed by atoms with E-state index in [2.05, 4.69) is 5.32 Å². The summed E-state index contributed by atoms with van der Waals surface area (Å²) < 4.78 is 11.8. The molecular weight excluding hydrogens is 396 g/mol. The van der Waals surface area contributed by atoms with Crippen LogP contribution in [0.2, 0.25) is 0 Å². The molecule has 0 atom stereocenters. The van der Waals surface area contributed by atoms with E-state index in [0.29, 0.717) is 62.0 Å². The van der Waals surface area contributed by atoms with Gasteiger partial charge in [-0.15, -0.1) is 0 Å². The van der Waals surface area contributed by atoms with E-state index in [1.165, 1.54) is 0 Å². The van der Waals surface area contributed by atoms with Gasteiger partial charge in [0.2, 0.25) is 0 Å². The van der Waals surface area contributed by atoms with E-state index >= 15 is 0 Å². The largest absolute Gasteiger partial charge is 0.493 e. The van der Waals surface area contributed by atoms with Gasteiger partial charge in [0.1, 0.15) is 11.5 Å². The van der Waals surface area contributed by atoms with Crippen LogP contribution in [0.4, 0.5) is 0 Å². The van der Waals surface area contributed by atoms with E-state index in [1.54, 1.807) is 12.1 Å². The van der Waals surface area contributed by atoms with Crippen molar-refractivity contribution in [3.8, 4) is 11.5 Å². The summed E-state index contributed by atoms with van der Waals surface area (Å²) in [6.07, 6.45) is 3.22. The van der Waals surface area contributed by atoms with Gasteiger partial charge in [0.15, 0.2) is 5.78 Å². The van der Waals surface area contributed by atoms with Gasteiger partial charge in [0.25, 0.3) is 5.91 Å². The molecule has 1 rings (SSSR count). The van der Waals surface area contributed by atoms with E-state index in [-0.39, 0.29) is 17.6 Å². The molecule has 0 fully saturated rings. The van der Waals surface area contributed by atoms with Gasteiger partial charge in [0, 0.05) is 25.1 Å². The molecule has 0 aliphatic heterocycles. The number of rotatable bonds is 16. The second kappa shape index (κ2) is 14.8.